The maximum absolute atomic E-state index is 11.8. The average Bonchev–Trinajstić information content (AvgIpc) is 2.63. The molecule has 18 heavy (non-hydrogen) atoms. The molecule has 0 saturated carbocycles. The number of nitrogen functional groups attached to an aromatic ring is 1. The van der Waals surface area contributed by atoms with Gasteiger partial charge in [-0.25, -0.2) is 4.68 Å². The summed E-state index contributed by atoms with van der Waals surface area (Å²) in [6, 6.07) is -0.333. The lowest BCUT2D eigenvalue weighted by molar-refractivity contribution is -0.121. The summed E-state index contributed by atoms with van der Waals surface area (Å²) in [4.78, 5) is 11.8. The number of nitrogens with one attached hydrogen (secondary N) is 2. The lowest BCUT2D eigenvalue weighted by Gasteiger charge is -2.16. The standard InChI is InChI=1S/C12H23N5O/c1-5-7-14-12(18)9(4)15-11-10(13)8(3)16-17(11)6-2/h9,15H,5-7,13H2,1-4H3,(H,14,18). The Hall–Kier alpha value is -1.72. The van der Waals surface area contributed by atoms with E-state index in [-0.39, 0.29) is 11.9 Å². The number of anilines is 2. The normalized spacial score (nSPS) is 12.2. The monoisotopic (exact) mass is 253 g/mol. The first kappa shape index (κ1) is 14.3. The molecule has 0 aliphatic heterocycles. The SMILES string of the molecule is CCCNC(=O)C(C)Nc1c(N)c(C)nn1CC. The Bertz CT molecular complexity index is 413. The first-order valence-corrected chi connectivity index (χ1v) is 6.38. The zero-order valence-corrected chi connectivity index (χ0v) is 11.6. The lowest BCUT2D eigenvalue weighted by Crippen LogP contribution is -2.38. The van der Waals surface area contributed by atoms with Gasteiger partial charge >= 0.3 is 0 Å². The van der Waals surface area contributed by atoms with Gasteiger partial charge in [0.15, 0.2) is 0 Å². The van der Waals surface area contributed by atoms with Gasteiger partial charge in [0.1, 0.15) is 11.9 Å². The van der Waals surface area contributed by atoms with Crippen molar-refractivity contribution in [2.75, 3.05) is 17.6 Å². The molecular formula is C12H23N5O. The molecule has 1 aromatic heterocycles. The van der Waals surface area contributed by atoms with Gasteiger partial charge in [-0.3, -0.25) is 4.79 Å². The molecule has 0 bridgehead atoms. The van der Waals surface area contributed by atoms with E-state index < -0.39 is 0 Å². The van der Waals surface area contributed by atoms with E-state index in [0.29, 0.717) is 24.6 Å². The van der Waals surface area contributed by atoms with Gasteiger partial charge in [-0.05, 0) is 27.2 Å². The molecule has 0 aliphatic carbocycles. The Labute approximate surface area is 108 Å². The second-order valence-corrected chi connectivity index (χ2v) is 4.32. The average molecular weight is 253 g/mol. The van der Waals surface area contributed by atoms with Crippen molar-refractivity contribution in [1.82, 2.24) is 15.1 Å². The topological polar surface area (TPSA) is 85.0 Å². The van der Waals surface area contributed by atoms with Crippen LogP contribution in [0.2, 0.25) is 0 Å². The van der Waals surface area contributed by atoms with E-state index in [1.54, 1.807) is 4.68 Å². The van der Waals surface area contributed by atoms with Crippen LogP contribution in [0.5, 0.6) is 0 Å². The molecule has 0 aromatic carbocycles. The minimum absolute atomic E-state index is 0.0299. The Morgan fingerprint density at radius 1 is 1.50 bits per heavy atom. The zero-order valence-electron chi connectivity index (χ0n) is 11.6. The van der Waals surface area contributed by atoms with E-state index in [9.17, 15) is 4.79 Å². The second kappa shape index (κ2) is 6.28. The van der Waals surface area contributed by atoms with Gasteiger partial charge < -0.3 is 16.4 Å². The van der Waals surface area contributed by atoms with E-state index in [0.717, 1.165) is 12.1 Å². The van der Waals surface area contributed by atoms with E-state index in [1.165, 1.54) is 0 Å². The fraction of sp³-hybridized carbons (Fsp3) is 0.667. The number of hydrogen-bond donors (Lipinski definition) is 3. The number of carbonyl (C=O) groups excluding carboxylic acids is 1. The molecule has 1 amide bonds. The van der Waals surface area contributed by atoms with Crippen molar-refractivity contribution in [3.8, 4) is 0 Å². The fourth-order valence-corrected chi connectivity index (χ4v) is 1.65. The lowest BCUT2D eigenvalue weighted by atomic mass is 10.3. The predicted octanol–water partition coefficient (Wildman–Crippen LogP) is 1.12. The molecule has 0 aliphatic rings. The van der Waals surface area contributed by atoms with Crippen LogP contribution in [-0.4, -0.2) is 28.3 Å². The quantitative estimate of drug-likeness (QED) is 0.709. The van der Waals surface area contributed by atoms with Crippen LogP contribution in [0.3, 0.4) is 0 Å². The van der Waals surface area contributed by atoms with Crippen LogP contribution in [-0.2, 0) is 11.3 Å². The van der Waals surface area contributed by atoms with Crippen LogP contribution in [0.15, 0.2) is 0 Å². The van der Waals surface area contributed by atoms with Crippen LogP contribution in [0.25, 0.3) is 0 Å². The van der Waals surface area contributed by atoms with Crippen molar-refractivity contribution < 1.29 is 4.79 Å². The number of aromatic nitrogens is 2. The second-order valence-electron chi connectivity index (χ2n) is 4.32. The minimum atomic E-state index is -0.333. The van der Waals surface area contributed by atoms with Gasteiger partial charge in [0.05, 0.1) is 11.4 Å². The van der Waals surface area contributed by atoms with Gasteiger partial charge in [0, 0.05) is 13.1 Å². The van der Waals surface area contributed by atoms with E-state index in [4.69, 9.17) is 5.73 Å². The molecule has 6 nitrogen and oxygen atoms in total. The predicted molar refractivity (Wildman–Crippen MR) is 73.4 cm³/mol. The van der Waals surface area contributed by atoms with Crippen molar-refractivity contribution >= 4 is 17.4 Å². The summed E-state index contributed by atoms with van der Waals surface area (Å²) in [5.41, 5.74) is 7.33. The summed E-state index contributed by atoms with van der Waals surface area (Å²) in [5.74, 6) is 0.687. The summed E-state index contributed by atoms with van der Waals surface area (Å²) < 4.78 is 1.77. The summed E-state index contributed by atoms with van der Waals surface area (Å²) in [6.45, 7) is 9.07. The minimum Gasteiger partial charge on any atom is -0.394 e. The first-order valence-electron chi connectivity index (χ1n) is 6.38. The van der Waals surface area contributed by atoms with Crippen LogP contribution < -0.4 is 16.4 Å². The van der Waals surface area contributed by atoms with Crippen LogP contribution in [0, 0.1) is 6.92 Å². The van der Waals surface area contributed by atoms with Crippen molar-refractivity contribution in [2.45, 2.75) is 46.7 Å². The number of hydrogen-bond acceptors (Lipinski definition) is 4. The third kappa shape index (κ3) is 3.15. The Balaban J connectivity index is 2.75. The Morgan fingerprint density at radius 3 is 2.72 bits per heavy atom. The number of nitrogens with zero attached hydrogens (tertiary/aromatic N) is 2. The molecule has 1 heterocycles. The number of aryl methyl sites for hydroxylation is 2. The molecule has 1 atom stereocenters. The summed E-state index contributed by atoms with van der Waals surface area (Å²) >= 11 is 0. The Morgan fingerprint density at radius 2 is 2.17 bits per heavy atom. The van der Waals surface area contributed by atoms with Crippen molar-refractivity contribution in [3.05, 3.63) is 5.69 Å². The summed E-state index contributed by atoms with van der Waals surface area (Å²) in [6.07, 6.45) is 0.923. The van der Waals surface area contributed by atoms with Crippen molar-refractivity contribution in [3.63, 3.8) is 0 Å². The van der Waals surface area contributed by atoms with Gasteiger partial charge in [-0.15, -0.1) is 0 Å². The maximum Gasteiger partial charge on any atom is 0.242 e. The molecular weight excluding hydrogens is 230 g/mol. The van der Waals surface area contributed by atoms with Crippen molar-refractivity contribution in [1.29, 1.82) is 0 Å². The molecule has 6 heteroatoms. The molecule has 1 rings (SSSR count). The highest BCUT2D eigenvalue weighted by Crippen LogP contribution is 2.22. The maximum atomic E-state index is 11.8. The van der Waals surface area contributed by atoms with Crippen molar-refractivity contribution in [2.24, 2.45) is 0 Å². The first-order chi connectivity index (χ1) is 8.51. The number of amides is 1. The number of rotatable bonds is 6. The fourth-order valence-electron chi connectivity index (χ4n) is 1.65. The molecule has 4 N–H and O–H groups in total. The molecule has 0 fully saturated rings. The molecule has 102 valence electrons. The third-order valence-corrected chi connectivity index (χ3v) is 2.77. The third-order valence-electron chi connectivity index (χ3n) is 2.77. The van der Waals surface area contributed by atoms with Gasteiger partial charge in [0.2, 0.25) is 5.91 Å². The summed E-state index contributed by atoms with van der Waals surface area (Å²) in [7, 11) is 0. The molecule has 1 unspecified atom stereocenters. The number of nitrogens with two attached hydrogens (primary N) is 1. The highest BCUT2D eigenvalue weighted by Gasteiger charge is 2.17. The Kier molecular flexibility index (Phi) is 5.00. The molecule has 0 spiro atoms. The van der Waals surface area contributed by atoms with Gasteiger partial charge in [-0.2, -0.15) is 5.10 Å². The highest BCUT2D eigenvalue weighted by molar-refractivity contribution is 5.85. The van der Waals surface area contributed by atoms with Gasteiger partial charge in [-0.1, -0.05) is 6.92 Å². The largest absolute Gasteiger partial charge is 0.394 e. The number of carbonyl (C=O) groups is 1. The smallest absolute Gasteiger partial charge is 0.242 e. The van der Waals surface area contributed by atoms with Crippen LogP contribution in [0.1, 0.15) is 32.9 Å². The zero-order chi connectivity index (χ0) is 13.7. The highest BCUT2D eigenvalue weighted by atomic mass is 16.2. The van der Waals surface area contributed by atoms with Crippen LogP contribution in [0.4, 0.5) is 11.5 Å². The molecule has 0 radical (unpaired) electrons. The van der Waals surface area contributed by atoms with E-state index in [2.05, 4.69) is 15.7 Å². The van der Waals surface area contributed by atoms with Gasteiger partial charge in [0.25, 0.3) is 0 Å². The van der Waals surface area contributed by atoms with Crippen LogP contribution >= 0.6 is 0 Å². The molecule has 1 aromatic rings. The molecule has 0 saturated heterocycles. The van der Waals surface area contributed by atoms with E-state index >= 15 is 0 Å². The van der Waals surface area contributed by atoms with E-state index in [1.807, 2.05) is 27.7 Å². The summed E-state index contributed by atoms with van der Waals surface area (Å²) in [5, 5.41) is 10.3.